The molecule has 1 amide bonds. The summed E-state index contributed by atoms with van der Waals surface area (Å²) in [5.74, 6) is -4.45. The van der Waals surface area contributed by atoms with Gasteiger partial charge in [0.1, 0.15) is 31.0 Å². The van der Waals surface area contributed by atoms with Crippen LogP contribution in [-0.4, -0.2) is 115 Å². The van der Waals surface area contributed by atoms with Crippen molar-refractivity contribution in [2.45, 2.75) is 109 Å². The van der Waals surface area contributed by atoms with Gasteiger partial charge in [-0.25, -0.2) is 4.79 Å². The lowest BCUT2D eigenvalue weighted by Crippen LogP contribution is -2.67. The van der Waals surface area contributed by atoms with E-state index in [1.165, 1.54) is 37.5 Å². The number of fused-ring (bicyclic) bond motifs is 1. The molecule has 1 N–H and O–H groups in total. The van der Waals surface area contributed by atoms with Crippen LogP contribution in [0.1, 0.15) is 62.4 Å². The lowest BCUT2D eigenvalue weighted by atomic mass is 9.95. The molecule has 11 unspecified atom stereocenters. The molecule has 62 heavy (non-hydrogen) atoms. The van der Waals surface area contributed by atoms with E-state index in [9.17, 15) is 28.8 Å². The van der Waals surface area contributed by atoms with Gasteiger partial charge in [-0.2, -0.15) is 0 Å². The second kappa shape index (κ2) is 21.0. The quantitative estimate of drug-likeness (QED) is 0.180. The molecule has 3 aliphatic rings. The van der Waals surface area contributed by atoms with Crippen LogP contribution in [0, 0.1) is 0 Å². The van der Waals surface area contributed by atoms with Crippen LogP contribution in [0.15, 0.2) is 73.1 Å². The van der Waals surface area contributed by atoms with Gasteiger partial charge in [0, 0.05) is 52.6 Å². The van der Waals surface area contributed by atoms with Crippen LogP contribution in [0.2, 0.25) is 5.02 Å². The zero-order chi connectivity index (χ0) is 44.5. The molecule has 0 bridgehead atoms. The maximum absolute atomic E-state index is 13.2. The highest BCUT2D eigenvalue weighted by Crippen LogP contribution is 2.39. The zero-order valence-electron chi connectivity index (χ0n) is 34.2. The van der Waals surface area contributed by atoms with Crippen molar-refractivity contribution in [2.75, 3.05) is 18.5 Å². The van der Waals surface area contributed by atoms with Crippen LogP contribution in [0.4, 0.5) is 5.69 Å². The van der Waals surface area contributed by atoms with Gasteiger partial charge in [0.15, 0.2) is 43.3 Å². The fourth-order valence-electron chi connectivity index (χ4n) is 7.04. The Morgan fingerprint density at radius 1 is 0.742 bits per heavy atom. The first-order chi connectivity index (χ1) is 29.7. The molecular formula is C42H45ClN2O17. The molecular weight excluding hydrogens is 840 g/mol. The maximum atomic E-state index is 13.2. The lowest BCUT2D eigenvalue weighted by Gasteiger charge is -2.50. The van der Waals surface area contributed by atoms with Gasteiger partial charge in [0.25, 0.3) is 0 Å². The van der Waals surface area contributed by atoms with Crippen molar-refractivity contribution >= 4 is 53.0 Å². The minimum atomic E-state index is -1.65. The number of carbonyl (C=O) groups is 6. The number of benzene rings is 2. The fraction of sp³-hybridized carbons (Fsp3) is 0.452. The third-order valence-electron chi connectivity index (χ3n) is 9.48. The number of rotatable bonds is 14. The van der Waals surface area contributed by atoms with E-state index in [0.29, 0.717) is 16.8 Å². The molecule has 6 rings (SSSR count). The SMILES string of the molecule is CC(=O)Nc1cc(COC2OC(COC(=O)c3cccnc3)C(OC3OC4COC(c5ccccc5)OC4C(OC(C)=O)C3OC(C)=O)C(OC(C)=O)C2OC(C)=O)ccc1Cl. The number of hydrogen-bond acceptors (Lipinski definition) is 18. The van der Waals surface area contributed by atoms with Gasteiger partial charge in [-0.05, 0) is 29.8 Å². The number of anilines is 1. The van der Waals surface area contributed by atoms with Gasteiger partial charge < -0.3 is 57.4 Å². The molecule has 20 heteroatoms. The van der Waals surface area contributed by atoms with Gasteiger partial charge in [0.05, 0.1) is 29.5 Å². The lowest BCUT2D eigenvalue weighted by molar-refractivity contribution is -0.386. The molecule has 3 fully saturated rings. The number of esters is 5. The second-order valence-electron chi connectivity index (χ2n) is 14.3. The fourth-order valence-corrected chi connectivity index (χ4v) is 7.20. The highest BCUT2D eigenvalue weighted by Gasteiger charge is 2.58. The summed E-state index contributed by atoms with van der Waals surface area (Å²) < 4.78 is 66.4. The summed E-state index contributed by atoms with van der Waals surface area (Å²) in [5.41, 5.74) is 1.52. The Hall–Kier alpha value is -5.54. The zero-order valence-corrected chi connectivity index (χ0v) is 34.9. The van der Waals surface area contributed by atoms with Crippen LogP contribution < -0.4 is 5.32 Å². The first kappa shape index (κ1) is 46.0. The molecule has 332 valence electrons. The van der Waals surface area contributed by atoms with Crippen LogP contribution in [0.25, 0.3) is 0 Å². The highest BCUT2D eigenvalue weighted by atomic mass is 35.5. The number of aromatic nitrogens is 1. The van der Waals surface area contributed by atoms with Crippen molar-refractivity contribution in [3.8, 4) is 0 Å². The van der Waals surface area contributed by atoms with E-state index in [-0.39, 0.29) is 29.7 Å². The maximum Gasteiger partial charge on any atom is 0.339 e. The Morgan fingerprint density at radius 2 is 1.40 bits per heavy atom. The van der Waals surface area contributed by atoms with Crippen molar-refractivity contribution in [1.82, 2.24) is 4.98 Å². The van der Waals surface area contributed by atoms with E-state index in [1.807, 2.05) is 6.07 Å². The third kappa shape index (κ3) is 11.9. The van der Waals surface area contributed by atoms with E-state index in [2.05, 4.69) is 10.3 Å². The van der Waals surface area contributed by atoms with Crippen molar-refractivity contribution in [2.24, 2.45) is 0 Å². The minimum Gasteiger partial charge on any atom is -0.459 e. The van der Waals surface area contributed by atoms with Gasteiger partial charge in [0.2, 0.25) is 5.91 Å². The summed E-state index contributed by atoms with van der Waals surface area (Å²) in [6.45, 7) is 4.86. The smallest absolute Gasteiger partial charge is 0.339 e. The highest BCUT2D eigenvalue weighted by molar-refractivity contribution is 6.33. The molecule has 0 spiro atoms. The number of pyridine rings is 1. The first-order valence-electron chi connectivity index (χ1n) is 19.4. The Balaban J connectivity index is 1.36. The van der Waals surface area contributed by atoms with Gasteiger partial charge >= 0.3 is 29.8 Å². The molecule has 1 aromatic heterocycles. The predicted molar refractivity (Wildman–Crippen MR) is 209 cm³/mol. The van der Waals surface area contributed by atoms with E-state index < -0.39 is 104 Å². The molecule has 4 heterocycles. The number of halogens is 1. The van der Waals surface area contributed by atoms with Crippen LogP contribution >= 0.6 is 11.6 Å². The van der Waals surface area contributed by atoms with Crippen molar-refractivity contribution in [1.29, 1.82) is 0 Å². The molecule has 3 aromatic rings. The standard InChI is InChI=1S/C42H45ClN2O17/c1-21(46)45-30-16-26(13-14-29(30)43)18-53-41-37(57-24(4)49)35(55-22(2)47)34(31(59-41)19-52-39(51)28-12-9-15-44-17-28)62-42-38(58-25(5)50)36(56-23(3)48)33-32(60-42)20-54-40(61-33)27-10-7-6-8-11-27/h6-17,31-38,40-42H,18-20H2,1-5H3,(H,45,46). The summed E-state index contributed by atoms with van der Waals surface area (Å²) in [4.78, 5) is 79.9. The van der Waals surface area contributed by atoms with Gasteiger partial charge in [-0.3, -0.25) is 29.0 Å². The monoisotopic (exact) mass is 884 g/mol. The number of amides is 1. The normalized spacial score (nSPS) is 28.0. The summed E-state index contributed by atoms with van der Waals surface area (Å²) in [7, 11) is 0. The van der Waals surface area contributed by atoms with Gasteiger partial charge in [-0.1, -0.05) is 48.0 Å². The van der Waals surface area contributed by atoms with E-state index in [1.54, 1.807) is 36.4 Å². The average molecular weight is 885 g/mol. The Morgan fingerprint density at radius 3 is 2.05 bits per heavy atom. The number of hydrogen-bond donors (Lipinski definition) is 1. The number of ether oxygens (including phenoxy) is 11. The van der Waals surface area contributed by atoms with E-state index in [4.69, 9.17) is 63.7 Å². The largest absolute Gasteiger partial charge is 0.459 e. The summed E-state index contributed by atoms with van der Waals surface area (Å²) in [6, 6.07) is 16.6. The van der Waals surface area contributed by atoms with Crippen molar-refractivity contribution in [3.63, 3.8) is 0 Å². The molecule has 0 aliphatic carbocycles. The van der Waals surface area contributed by atoms with Gasteiger partial charge in [-0.15, -0.1) is 0 Å². The molecule has 0 saturated carbocycles. The summed E-state index contributed by atoms with van der Waals surface area (Å²) in [6.07, 6.45) is -12.4. The minimum absolute atomic E-state index is 0.0903. The predicted octanol–water partition coefficient (Wildman–Crippen LogP) is 3.74. The van der Waals surface area contributed by atoms with Crippen LogP contribution in [-0.2, 0) is 82.7 Å². The molecule has 3 aliphatic heterocycles. The van der Waals surface area contributed by atoms with E-state index in [0.717, 1.165) is 27.7 Å². The average Bonchev–Trinajstić information content (AvgIpc) is 3.22. The Labute approximate surface area is 360 Å². The number of carbonyl (C=O) groups excluding carboxylic acids is 6. The summed E-state index contributed by atoms with van der Waals surface area (Å²) in [5, 5.41) is 2.88. The third-order valence-corrected chi connectivity index (χ3v) is 9.81. The summed E-state index contributed by atoms with van der Waals surface area (Å²) >= 11 is 6.28. The first-order valence-corrected chi connectivity index (χ1v) is 19.8. The Kier molecular flexibility index (Phi) is 15.6. The van der Waals surface area contributed by atoms with E-state index >= 15 is 0 Å². The number of nitrogens with zero attached hydrogens (tertiary/aromatic N) is 1. The van der Waals surface area contributed by atoms with Crippen LogP contribution in [0.5, 0.6) is 0 Å². The molecule has 19 nitrogen and oxygen atoms in total. The molecule has 2 aromatic carbocycles. The van der Waals surface area contributed by atoms with Crippen LogP contribution in [0.3, 0.4) is 0 Å². The second-order valence-corrected chi connectivity index (χ2v) is 14.7. The molecule has 11 atom stereocenters. The van der Waals surface area contributed by atoms with Crippen molar-refractivity contribution < 1.29 is 80.9 Å². The topological polar surface area (TPSA) is 229 Å². The van der Waals surface area contributed by atoms with Crippen molar-refractivity contribution in [3.05, 3.63) is 94.8 Å². The Bertz CT molecular complexity index is 2080. The molecule has 3 saturated heterocycles. The molecule has 0 radical (unpaired) electrons. The number of nitrogens with one attached hydrogen (secondary N) is 1.